The zero-order chi connectivity index (χ0) is 19.2. The molecule has 0 bridgehead atoms. The maximum Gasteiger partial charge on any atom is 0.240 e. The van der Waals surface area contributed by atoms with Gasteiger partial charge in [0.25, 0.3) is 0 Å². The van der Waals surface area contributed by atoms with E-state index < -0.39 is 10.0 Å². The Bertz CT molecular complexity index is 799. The SMILES string of the molecule is CCc1ccc(S(=O)(=O)NCCCc2nnc(SC)n2CC(C)C)cc1. The van der Waals surface area contributed by atoms with Crippen LogP contribution in [-0.2, 0) is 29.4 Å². The molecule has 0 amide bonds. The number of thioether (sulfide) groups is 1. The maximum absolute atomic E-state index is 12.4. The standard InChI is InChI=1S/C18H28N4O2S2/c1-5-15-8-10-16(11-9-15)26(23,24)19-12-6-7-17-20-21-18(25-4)22(17)13-14(2)3/h8-11,14,19H,5-7,12-13H2,1-4H3. The Labute approximate surface area is 160 Å². The van der Waals surface area contributed by atoms with E-state index in [4.69, 9.17) is 0 Å². The van der Waals surface area contributed by atoms with Crippen molar-refractivity contribution in [3.63, 3.8) is 0 Å². The number of rotatable bonds is 10. The molecule has 1 aromatic heterocycles. The Hall–Kier alpha value is -1.38. The second-order valence-electron chi connectivity index (χ2n) is 6.61. The molecular weight excluding hydrogens is 368 g/mol. The Morgan fingerprint density at radius 1 is 1.19 bits per heavy atom. The summed E-state index contributed by atoms with van der Waals surface area (Å²) in [4.78, 5) is 0.308. The highest BCUT2D eigenvalue weighted by atomic mass is 32.2. The van der Waals surface area contributed by atoms with Crippen molar-refractivity contribution in [3.8, 4) is 0 Å². The van der Waals surface area contributed by atoms with Crippen LogP contribution in [0.5, 0.6) is 0 Å². The molecule has 0 unspecified atom stereocenters. The van der Waals surface area contributed by atoms with Gasteiger partial charge in [-0.05, 0) is 42.7 Å². The van der Waals surface area contributed by atoms with Gasteiger partial charge in [-0.3, -0.25) is 0 Å². The van der Waals surface area contributed by atoms with Crippen LogP contribution in [0.3, 0.4) is 0 Å². The highest BCUT2D eigenvalue weighted by Gasteiger charge is 2.15. The minimum absolute atomic E-state index is 0.308. The van der Waals surface area contributed by atoms with Gasteiger partial charge in [-0.25, -0.2) is 13.1 Å². The van der Waals surface area contributed by atoms with Crippen LogP contribution < -0.4 is 4.72 Å². The Morgan fingerprint density at radius 3 is 2.46 bits per heavy atom. The fourth-order valence-electron chi connectivity index (χ4n) is 2.64. The van der Waals surface area contributed by atoms with Crippen LogP contribution in [0, 0.1) is 5.92 Å². The molecule has 0 fully saturated rings. The molecule has 0 aliphatic heterocycles. The summed E-state index contributed by atoms with van der Waals surface area (Å²) in [6.07, 6.45) is 4.25. The summed E-state index contributed by atoms with van der Waals surface area (Å²) in [5, 5.41) is 9.39. The van der Waals surface area contributed by atoms with E-state index in [1.807, 2.05) is 25.3 Å². The van der Waals surface area contributed by atoms with Crippen LogP contribution in [0.1, 0.15) is 38.6 Å². The first kappa shape index (κ1) is 20.9. The summed E-state index contributed by atoms with van der Waals surface area (Å²) in [7, 11) is -3.47. The van der Waals surface area contributed by atoms with E-state index in [2.05, 4.69) is 33.3 Å². The van der Waals surface area contributed by atoms with Crippen molar-refractivity contribution in [2.75, 3.05) is 12.8 Å². The van der Waals surface area contributed by atoms with Gasteiger partial charge in [0.15, 0.2) is 5.16 Å². The molecule has 0 aliphatic rings. The third-order valence-corrected chi connectivity index (χ3v) is 6.18. The predicted molar refractivity (Wildman–Crippen MR) is 106 cm³/mol. The van der Waals surface area contributed by atoms with Crippen LogP contribution in [-0.4, -0.2) is 36.0 Å². The number of benzene rings is 1. The van der Waals surface area contributed by atoms with E-state index >= 15 is 0 Å². The highest BCUT2D eigenvalue weighted by Crippen LogP contribution is 2.17. The van der Waals surface area contributed by atoms with Crippen molar-refractivity contribution >= 4 is 21.8 Å². The molecule has 1 heterocycles. The third kappa shape index (κ3) is 5.56. The summed E-state index contributed by atoms with van der Waals surface area (Å²) in [6, 6.07) is 7.02. The molecule has 0 spiro atoms. The summed E-state index contributed by atoms with van der Waals surface area (Å²) >= 11 is 1.58. The van der Waals surface area contributed by atoms with E-state index in [0.717, 1.165) is 29.5 Å². The first-order valence-electron chi connectivity index (χ1n) is 8.92. The molecule has 2 aromatic rings. The molecule has 0 radical (unpaired) electrons. The zero-order valence-electron chi connectivity index (χ0n) is 15.9. The first-order valence-corrected chi connectivity index (χ1v) is 11.6. The summed E-state index contributed by atoms with van der Waals surface area (Å²) in [6.45, 7) is 7.61. The van der Waals surface area contributed by atoms with Gasteiger partial charge >= 0.3 is 0 Å². The lowest BCUT2D eigenvalue weighted by Crippen LogP contribution is -2.25. The van der Waals surface area contributed by atoms with Crippen molar-refractivity contribution < 1.29 is 8.42 Å². The Morgan fingerprint density at radius 2 is 1.88 bits per heavy atom. The van der Waals surface area contributed by atoms with Gasteiger partial charge in [0.1, 0.15) is 5.82 Å². The second kappa shape index (κ2) is 9.53. The van der Waals surface area contributed by atoms with Gasteiger partial charge in [0.2, 0.25) is 10.0 Å². The van der Waals surface area contributed by atoms with E-state index in [1.165, 1.54) is 0 Å². The van der Waals surface area contributed by atoms with Crippen molar-refractivity contribution in [2.45, 2.75) is 56.6 Å². The lowest BCUT2D eigenvalue weighted by Gasteiger charge is -2.12. The van der Waals surface area contributed by atoms with Crippen molar-refractivity contribution in [3.05, 3.63) is 35.7 Å². The predicted octanol–water partition coefficient (Wildman–Crippen LogP) is 3.13. The molecule has 6 nitrogen and oxygen atoms in total. The molecule has 26 heavy (non-hydrogen) atoms. The largest absolute Gasteiger partial charge is 0.306 e. The summed E-state index contributed by atoms with van der Waals surface area (Å²) in [5.74, 6) is 1.41. The normalized spacial score (nSPS) is 12.0. The topological polar surface area (TPSA) is 76.9 Å². The van der Waals surface area contributed by atoms with Crippen LogP contribution in [0.15, 0.2) is 34.3 Å². The van der Waals surface area contributed by atoms with Gasteiger partial charge in [0, 0.05) is 19.5 Å². The molecule has 144 valence electrons. The fraction of sp³-hybridized carbons (Fsp3) is 0.556. The van der Waals surface area contributed by atoms with Gasteiger partial charge in [-0.15, -0.1) is 10.2 Å². The van der Waals surface area contributed by atoms with Crippen molar-refractivity contribution in [1.29, 1.82) is 0 Å². The monoisotopic (exact) mass is 396 g/mol. The second-order valence-corrected chi connectivity index (χ2v) is 9.15. The molecule has 1 aromatic carbocycles. The minimum Gasteiger partial charge on any atom is -0.306 e. The fourth-order valence-corrected chi connectivity index (χ4v) is 4.24. The molecule has 1 N–H and O–H groups in total. The summed E-state index contributed by atoms with van der Waals surface area (Å²) < 4.78 is 29.5. The van der Waals surface area contributed by atoms with E-state index in [1.54, 1.807) is 23.9 Å². The van der Waals surface area contributed by atoms with Crippen LogP contribution in [0.4, 0.5) is 0 Å². The van der Waals surface area contributed by atoms with Crippen LogP contribution in [0.2, 0.25) is 0 Å². The molecule has 0 saturated carbocycles. The number of hydrogen-bond acceptors (Lipinski definition) is 5. The Kier molecular flexibility index (Phi) is 7.67. The number of sulfonamides is 1. The minimum atomic E-state index is -3.47. The average molecular weight is 397 g/mol. The molecule has 0 aliphatic carbocycles. The Balaban J connectivity index is 1.92. The number of aromatic nitrogens is 3. The van der Waals surface area contributed by atoms with Gasteiger partial charge in [0.05, 0.1) is 4.90 Å². The van der Waals surface area contributed by atoms with Crippen LogP contribution >= 0.6 is 11.8 Å². The molecular formula is C18H28N4O2S2. The van der Waals surface area contributed by atoms with Gasteiger partial charge < -0.3 is 4.57 Å². The van der Waals surface area contributed by atoms with Gasteiger partial charge in [-0.2, -0.15) is 0 Å². The zero-order valence-corrected chi connectivity index (χ0v) is 17.5. The molecule has 0 atom stereocenters. The maximum atomic E-state index is 12.4. The van der Waals surface area contributed by atoms with Crippen molar-refractivity contribution in [1.82, 2.24) is 19.5 Å². The highest BCUT2D eigenvalue weighted by molar-refractivity contribution is 7.98. The molecule has 2 rings (SSSR count). The number of nitrogens with zero attached hydrogens (tertiary/aromatic N) is 3. The summed E-state index contributed by atoms with van der Waals surface area (Å²) in [5.41, 5.74) is 1.12. The van der Waals surface area contributed by atoms with E-state index in [-0.39, 0.29) is 0 Å². The first-order chi connectivity index (χ1) is 12.4. The van der Waals surface area contributed by atoms with Gasteiger partial charge in [-0.1, -0.05) is 44.7 Å². The smallest absolute Gasteiger partial charge is 0.240 e. The average Bonchev–Trinajstić information content (AvgIpc) is 3.00. The number of nitrogens with one attached hydrogen (secondary N) is 1. The number of aryl methyl sites for hydroxylation is 2. The molecule has 8 heteroatoms. The lowest BCUT2D eigenvalue weighted by molar-refractivity contribution is 0.477. The van der Waals surface area contributed by atoms with E-state index in [0.29, 0.717) is 30.2 Å². The van der Waals surface area contributed by atoms with Crippen molar-refractivity contribution in [2.24, 2.45) is 5.92 Å². The number of hydrogen-bond donors (Lipinski definition) is 1. The third-order valence-electron chi connectivity index (χ3n) is 4.03. The quantitative estimate of drug-likeness (QED) is 0.493. The van der Waals surface area contributed by atoms with E-state index in [9.17, 15) is 8.42 Å². The molecule has 0 saturated heterocycles. The van der Waals surface area contributed by atoms with Crippen LogP contribution in [0.25, 0.3) is 0 Å². The lowest BCUT2D eigenvalue weighted by atomic mass is 10.2.